The molecule has 0 spiro atoms. The summed E-state index contributed by atoms with van der Waals surface area (Å²) in [6.07, 6.45) is 3.47. The fourth-order valence-electron chi connectivity index (χ4n) is 0.871. The van der Waals surface area contributed by atoms with E-state index in [1.54, 1.807) is 12.4 Å². The van der Waals surface area contributed by atoms with Gasteiger partial charge >= 0.3 is 0 Å². The molecule has 6 heteroatoms. The number of rotatable bonds is 1. The number of hydrogen-bond donors (Lipinski definition) is 0. The van der Waals surface area contributed by atoms with Crippen molar-refractivity contribution in [1.82, 2.24) is 14.3 Å². The highest BCUT2D eigenvalue weighted by Gasteiger charge is 2.07. The maximum atomic E-state index is 4.28. The molecule has 0 atom stereocenters. The van der Waals surface area contributed by atoms with Crippen molar-refractivity contribution >= 4 is 50.1 Å². The summed E-state index contributed by atoms with van der Waals surface area (Å²) >= 11 is 6.95. The van der Waals surface area contributed by atoms with Gasteiger partial charge in [-0.1, -0.05) is 0 Å². The topological polar surface area (TPSA) is 38.7 Å². The van der Waals surface area contributed by atoms with Crippen LogP contribution in [0.2, 0.25) is 0 Å². The number of halogens is 2. The summed E-state index contributed by atoms with van der Waals surface area (Å²) in [6, 6.07) is 1.89. The third-order valence-corrected chi connectivity index (χ3v) is 3.38. The van der Waals surface area contributed by atoms with Gasteiger partial charge in [-0.05, 0) is 56.1 Å². The smallest absolute Gasteiger partial charge is 0.175 e. The second kappa shape index (κ2) is 3.97. The van der Waals surface area contributed by atoms with Gasteiger partial charge < -0.3 is 0 Å². The average molecular weight is 368 g/mol. The molecular weight excluding hydrogens is 365 g/mol. The maximum Gasteiger partial charge on any atom is 0.175 e. The predicted octanol–water partition coefficient (Wildman–Crippen LogP) is 2.97. The summed E-state index contributed by atoms with van der Waals surface area (Å²) in [5.74, 6) is 0.753. The Balaban J connectivity index is 2.52. The molecule has 0 bridgehead atoms. The molecule has 2 aromatic rings. The van der Waals surface area contributed by atoms with Crippen LogP contribution in [-0.2, 0) is 0 Å². The highest BCUT2D eigenvalue weighted by molar-refractivity contribution is 14.1. The first-order valence-electron chi connectivity index (χ1n) is 3.36. The fraction of sp³-hybridized carbons (Fsp3) is 0. The zero-order valence-electron chi connectivity index (χ0n) is 6.24. The number of aromatic nitrogens is 3. The van der Waals surface area contributed by atoms with Crippen LogP contribution in [0.4, 0.5) is 0 Å². The van der Waals surface area contributed by atoms with Gasteiger partial charge in [0.1, 0.15) is 0 Å². The second-order valence-corrected chi connectivity index (χ2v) is 5.59. The molecular formula is C7H3BrIN3S. The third-order valence-electron chi connectivity index (χ3n) is 1.41. The third kappa shape index (κ3) is 2.05. The summed E-state index contributed by atoms with van der Waals surface area (Å²) in [5, 5.41) is 0. The van der Waals surface area contributed by atoms with E-state index in [0.717, 1.165) is 18.9 Å². The lowest BCUT2D eigenvalue weighted by molar-refractivity contribution is 1.25. The average Bonchev–Trinajstić information content (AvgIpc) is 2.53. The largest absolute Gasteiger partial charge is 0.264 e. The molecule has 0 saturated carbocycles. The second-order valence-electron chi connectivity index (χ2n) is 2.23. The minimum absolute atomic E-state index is 0.753. The first-order chi connectivity index (χ1) is 6.27. The van der Waals surface area contributed by atoms with E-state index in [1.807, 2.05) is 6.07 Å². The molecule has 13 heavy (non-hydrogen) atoms. The quantitative estimate of drug-likeness (QED) is 0.727. The van der Waals surface area contributed by atoms with Crippen molar-refractivity contribution in [2.75, 3.05) is 0 Å². The highest BCUT2D eigenvalue weighted by Crippen LogP contribution is 2.25. The summed E-state index contributed by atoms with van der Waals surface area (Å²) in [6.45, 7) is 0. The molecule has 0 fully saturated rings. The first-order valence-corrected chi connectivity index (χ1v) is 6.01. The molecule has 0 aromatic carbocycles. The van der Waals surface area contributed by atoms with E-state index in [1.165, 1.54) is 11.5 Å². The van der Waals surface area contributed by atoms with E-state index in [2.05, 4.69) is 52.9 Å². The molecule has 0 N–H and O–H groups in total. The van der Waals surface area contributed by atoms with Gasteiger partial charge in [0.15, 0.2) is 8.84 Å². The van der Waals surface area contributed by atoms with Crippen LogP contribution in [0, 0.1) is 3.01 Å². The molecule has 2 aromatic heterocycles. The fourth-order valence-corrected chi connectivity index (χ4v) is 2.25. The van der Waals surface area contributed by atoms with Crippen molar-refractivity contribution < 1.29 is 0 Å². The molecule has 0 radical (unpaired) electrons. The van der Waals surface area contributed by atoms with Crippen LogP contribution in [-0.4, -0.2) is 14.3 Å². The number of hydrogen-bond acceptors (Lipinski definition) is 4. The van der Waals surface area contributed by atoms with Gasteiger partial charge in [-0.25, -0.2) is 4.98 Å². The first kappa shape index (κ1) is 9.47. The SMILES string of the molecule is Brc1cnccc1-c1nsc(I)n1. The van der Waals surface area contributed by atoms with Crippen LogP contribution >= 0.6 is 50.1 Å². The lowest BCUT2D eigenvalue weighted by Crippen LogP contribution is -1.83. The minimum Gasteiger partial charge on any atom is -0.264 e. The van der Waals surface area contributed by atoms with Crippen LogP contribution in [0.1, 0.15) is 0 Å². The highest BCUT2D eigenvalue weighted by atomic mass is 127. The van der Waals surface area contributed by atoms with Gasteiger partial charge in [0.25, 0.3) is 0 Å². The Bertz CT molecular complexity index is 431. The van der Waals surface area contributed by atoms with Crippen molar-refractivity contribution in [1.29, 1.82) is 0 Å². The molecule has 2 heterocycles. The minimum atomic E-state index is 0.753. The van der Waals surface area contributed by atoms with Gasteiger partial charge in [-0.2, -0.15) is 4.37 Å². The van der Waals surface area contributed by atoms with Crippen LogP contribution in [0.5, 0.6) is 0 Å². The Labute approximate surface area is 101 Å². The van der Waals surface area contributed by atoms with Gasteiger partial charge in [0.2, 0.25) is 0 Å². The maximum absolute atomic E-state index is 4.28. The van der Waals surface area contributed by atoms with Crippen molar-refractivity contribution in [3.63, 3.8) is 0 Å². The van der Waals surface area contributed by atoms with E-state index in [4.69, 9.17) is 0 Å². The Morgan fingerprint density at radius 1 is 1.46 bits per heavy atom. The summed E-state index contributed by atoms with van der Waals surface area (Å²) in [7, 11) is 0. The molecule has 0 aliphatic carbocycles. The number of nitrogens with zero attached hydrogens (tertiary/aromatic N) is 3. The van der Waals surface area contributed by atoms with Gasteiger partial charge in [-0.3, -0.25) is 4.98 Å². The Morgan fingerprint density at radius 3 is 2.92 bits per heavy atom. The van der Waals surface area contributed by atoms with Gasteiger partial charge in [0.05, 0.1) is 0 Å². The number of pyridine rings is 1. The summed E-state index contributed by atoms with van der Waals surface area (Å²) in [5.41, 5.74) is 0.981. The van der Waals surface area contributed by atoms with Crippen LogP contribution in [0.25, 0.3) is 11.4 Å². The van der Waals surface area contributed by atoms with Gasteiger partial charge in [0, 0.05) is 22.4 Å². The van der Waals surface area contributed by atoms with E-state index in [0.29, 0.717) is 0 Å². The Morgan fingerprint density at radius 2 is 2.31 bits per heavy atom. The van der Waals surface area contributed by atoms with Crippen LogP contribution < -0.4 is 0 Å². The zero-order chi connectivity index (χ0) is 9.26. The van der Waals surface area contributed by atoms with E-state index >= 15 is 0 Å². The lowest BCUT2D eigenvalue weighted by atomic mass is 10.3. The van der Waals surface area contributed by atoms with Crippen LogP contribution in [0.3, 0.4) is 0 Å². The Kier molecular flexibility index (Phi) is 2.89. The van der Waals surface area contributed by atoms with Gasteiger partial charge in [-0.15, -0.1) is 0 Å². The molecule has 0 saturated heterocycles. The zero-order valence-corrected chi connectivity index (χ0v) is 10.8. The lowest BCUT2D eigenvalue weighted by Gasteiger charge is -1.96. The van der Waals surface area contributed by atoms with Crippen molar-refractivity contribution in [3.05, 3.63) is 25.9 Å². The van der Waals surface area contributed by atoms with Crippen LogP contribution in [0.15, 0.2) is 22.9 Å². The van der Waals surface area contributed by atoms with E-state index in [9.17, 15) is 0 Å². The Hall–Kier alpha value is -0.0800. The summed E-state index contributed by atoms with van der Waals surface area (Å²) < 4.78 is 6.07. The molecule has 2 rings (SSSR count). The molecule has 0 aliphatic rings. The van der Waals surface area contributed by atoms with Crippen molar-refractivity contribution in [3.8, 4) is 11.4 Å². The monoisotopic (exact) mass is 367 g/mol. The van der Waals surface area contributed by atoms with Crippen molar-refractivity contribution in [2.45, 2.75) is 0 Å². The standard InChI is InChI=1S/C7H3BrIN3S/c8-5-3-10-2-1-4(5)6-11-7(9)13-12-6/h1-3H. The van der Waals surface area contributed by atoms with E-state index in [-0.39, 0.29) is 0 Å². The molecule has 0 unspecified atom stereocenters. The predicted molar refractivity (Wildman–Crippen MR) is 63.6 cm³/mol. The normalized spacial score (nSPS) is 10.3. The van der Waals surface area contributed by atoms with Crippen molar-refractivity contribution in [2.24, 2.45) is 0 Å². The summed E-state index contributed by atoms with van der Waals surface area (Å²) in [4.78, 5) is 8.25. The molecule has 3 nitrogen and oxygen atoms in total. The van der Waals surface area contributed by atoms with E-state index < -0.39 is 0 Å². The molecule has 0 amide bonds. The molecule has 0 aliphatic heterocycles. The molecule has 66 valence electrons.